The predicted octanol–water partition coefficient (Wildman–Crippen LogP) is 0.880. The molecule has 3 rings (SSSR count). The van der Waals surface area contributed by atoms with Gasteiger partial charge < -0.3 is 15.0 Å². The monoisotopic (exact) mass is 354 g/mol. The van der Waals surface area contributed by atoms with Gasteiger partial charge in [-0.3, -0.25) is 9.59 Å². The third-order valence-electron chi connectivity index (χ3n) is 3.85. The summed E-state index contributed by atoms with van der Waals surface area (Å²) < 4.78 is 13.3. The average Bonchev–Trinajstić information content (AvgIpc) is 3.01. The van der Waals surface area contributed by atoms with Gasteiger partial charge in [-0.15, -0.1) is 0 Å². The highest BCUT2D eigenvalue weighted by molar-refractivity contribution is 5.49. The molecule has 134 valence electrons. The zero-order valence-corrected chi connectivity index (χ0v) is 14.7. The van der Waals surface area contributed by atoms with Crippen molar-refractivity contribution < 1.29 is 4.39 Å². The number of rotatable bonds is 2. The molecule has 0 unspecified atom stereocenters. The summed E-state index contributed by atoms with van der Waals surface area (Å²) in [4.78, 5) is 37.0. The number of nitrogens with one attached hydrogen (secondary N) is 3. The molecule has 3 aromatic rings. The molecule has 0 radical (unpaired) electrons. The van der Waals surface area contributed by atoms with Crippen LogP contribution in [0.1, 0.15) is 37.7 Å². The summed E-state index contributed by atoms with van der Waals surface area (Å²) in [6.07, 6.45) is 4.50. The third kappa shape index (κ3) is 3.72. The lowest BCUT2D eigenvalue weighted by atomic mass is 9.90. The lowest BCUT2D eigenvalue weighted by Crippen LogP contribution is -2.46. The molecule has 2 aromatic heterocycles. The van der Waals surface area contributed by atoms with E-state index < -0.39 is 16.9 Å². The van der Waals surface area contributed by atoms with Crippen molar-refractivity contribution in [1.29, 1.82) is 0 Å². The Morgan fingerprint density at radius 3 is 2.31 bits per heavy atom. The lowest BCUT2D eigenvalue weighted by molar-refractivity contribution is 0.571. The number of aromatic amines is 3. The maximum absolute atomic E-state index is 13.3. The molecule has 3 N–H and O–H groups in total. The summed E-state index contributed by atoms with van der Waals surface area (Å²) in [7, 11) is 0. The highest BCUT2D eigenvalue weighted by atomic mass is 19.1. The maximum Gasteiger partial charge on any atom is 0.272 e. The van der Waals surface area contributed by atoms with Gasteiger partial charge in [-0.25, -0.2) is 9.37 Å². The normalized spacial score (nSPS) is 13.4. The van der Waals surface area contributed by atoms with Crippen LogP contribution in [0.5, 0.6) is 0 Å². The first-order valence-corrected chi connectivity index (χ1v) is 8.09. The Balaban J connectivity index is 2.14. The van der Waals surface area contributed by atoms with Crippen LogP contribution in [0, 0.1) is 5.82 Å². The van der Waals surface area contributed by atoms with Gasteiger partial charge in [0.1, 0.15) is 16.5 Å². The number of aromatic nitrogens is 4. The van der Waals surface area contributed by atoms with Crippen molar-refractivity contribution in [2.75, 3.05) is 0 Å². The first-order chi connectivity index (χ1) is 12.2. The van der Waals surface area contributed by atoms with E-state index >= 15 is 0 Å². The number of hydrogen-bond acceptors (Lipinski definition) is 3. The van der Waals surface area contributed by atoms with Crippen molar-refractivity contribution in [3.63, 3.8) is 0 Å². The SMILES string of the molecule is CC(C)(C)c1[nH]cnc1C=c1[nH]c(=O)c(=Cc2cccc(F)c2)[nH]c1=O. The van der Waals surface area contributed by atoms with Crippen LogP contribution < -0.4 is 21.8 Å². The molecule has 1 aromatic carbocycles. The largest absolute Gasteiger partial charge is 0.348 e. The molecule has 0 saturated heterocycles. The molecule has 0 aliphatic rings. The first kappa shape index (κ1) is 17.6. The Labute approximate surface area is 148 Å². The van der Waals surface area contributed by atoms with Crippen LogP contribution in [0.3, 0.4) is 0 Å². The summed E-state index contributed by atoms with van der Waals surface area (Å²) in [6, 6.07) is 5.75. The van der Waals surface area contributed by atoms with Gasteiger partial charge in [0, 0.05) is 11.1 Å². The van der Waals surface area contributed by atoms with Crippen molar-refractivity contribution in [3.05, 3.63) is 84.8 Å². The number of nitrogens with zero attached hydrogens (tertiary/aromatic N) is 1. The molecule has 0 bridgehead atoms. The second-order valence-electron chi connectivity index (χ2n) is 6.99. The molecule has 0 saturated carbocycles. The molecule has 0 spiro atoms. The van der Waals surface area contributed by atoms with E-state index in [4.69, 9.17) is 0 Å². The Kier molecular flexibility index (Phi) is 4.46. The van der Waals surface area contributed by atoms with E-state index in [1.807, 2.05) is 20.8 Å². The predicted molar refractivity (Wildman–Crippen MR) is 97.8 cm³/mol. The van der Waals surface area contributed by atoms with E-state index in [2.05, 4.69) is 19.9 Å². The van der Waals surface area contributed by atoms with Crippen molar-refractivity contribution in [2.24, 2.45) is 0 Å². The van der Waals surface area contributed by atoms with E-state index in [1.165, 1.54) is 30.4 Å². The van der Waals surface area contributed by atoms with Crippen molar-refractivity contribution in [3.8, 4) is 0 Å². The van der Waals surface area contributed by atoms with Crippen LogP contribution in [-0.2, 0) is 5.41 Å². The molecular formula is C19H19FN4O2. The van der Waals surface area contributed by atoms with Crippen LogP contribution >= 0.6 is 0 Å². The van der Waals surface area contributed by atoms with Crippen LogP contribution in [0.4, 0.5) is 4.39 Å². The van der Waals surface area contributed by atoms with Crippen molar-refractivity contribution in [1.82, 2.24) is 19.9 Å². The van der Waals surface area contributed by atoms with Gasteiger partial charge in [0.15, 0.2) is 0 Å². The summed E-state index contributed by atoms with van der Waals surface area (Å²) in [6.45, 7) is 6.05. The Morgan fingerprint density at radius 2 is 1.69 bits per heavy atom. The Hall–Kier alpha value is -3.22. The third-order valence-corrected chi connectivity index (χ3v) is 3.85. The topological polar surface area (TPSA) is 94.4 Å². The number of halogens is 1. The second kappa shape index (κ2) is 6.59. The molecule has 0 aliphatic carbocycles. The van der Waals surface area contributed by atoms with Crippen LogP contribution in [-0.4, -0.2) is 19.9 Å². The summed E-state index contributed by atoms with van der Waals surface area (Å²) >= 11 is 0. The Morgan fingerprint density at radius 1 is 1.04 bits per heavy atom. The van der Waals surface area contributed by atoms with Gasteiger partial charge in [-0.1, -0.05) is 32.9 Å². The average molecular weight is 354 g/mol. The molecule has 0 atom stereocenters. The van der Waals surface area contributed by atoms with Gasteiger partial charge in [0.25, 0.3) is 11.1 Å². The number of benzene rings is 1. The highest BCUT2D eigenvalue weighted by Crippen LogP contribution is 2.22. The molecular weight excluding hydrogens is 335 g/mol. The standard InChI is InChI=1S/C19H19FN4O2/c1-19(2,3)16-13(21-10-22-16)9-15-18(26)23-14(17(25)24-15)8-11-5-4-6-12(20)7-11/h4-10H,1-3H3,(H,21,22)(H,23,26)(H,24,25). The zero-order valence-electron chi connectivity index (χ0n) is 14.7. The smallest absolute Gasteiger partial charge is 0.272 e. The fourth-order valence-corrected chi connectivity index (χ4v) is 2.61. The van der Waals surface area contributed by atoms with Crippen molar-refractivity contribution >= 4 is 12.2 Å². The van der Waals surface area contributed by atoms with Crippen molar-refractivity contribution in [2.45, 2.75) is 26.2 Å². The lowest BCUT2D eigenvalue weighted by Gasteiger charge is -2.16. The minimum Gasteiger partial charge on any atom is -0.348 e. The van der Waals surface area contributed by atoms with Gasteiger partial charge in [-0.05, 0) is 29.8 Å². The minimum atomic E-state index is -0.479. The molecule has 26 heavy (non-hydrogen) atoms. The minimum absolute atomic E-state index is 0.0517. The van der Waals surface area contributed by atoms with Gasteiger partial charge >= 0.3 is 0 Å². The molecule has 7 heteroatoms. The van der Waals surface area contributed by atoms with Gasteiger partial charge in [-0.2, -0.15) is 0 Å². The highest BCUT2D eigenvalue weighted by Gasteiger charge is 2.19. The zero-order chi connectivity index (χ0) is 18.9. The summed E-state index contributed by atoms with van der Waals surface area (Å²) in [5, 5.41) is 0.153. The molecule has 6 nitrogen and oxygen atoms in total. The number of H-pyrrole nitrogens is 3. The van der Waals surface area contributed by atoms with Crippen LogP contribution in [0.25, 0.3) is 12.2 Å². The van der Waals surface area contributed by atoms with Crippen LogP contribution in [0.15, 0.2) is 40.2 Å². The fourth-order valence-electron chi connectivity index (χ4n) is 2.61. The quantitative estimate of drug-likeness (QED) is 0.638. The van der Waals surface area contributed by atoms with Crippen LogP contribution in [0.2, 0.25) is 0 Å². The molecule has 0 aliphatic heterocycles. The summed E-state index contributed by atoms with van der Waals surface area (Å²) in [5.41, 5.74) is 0.780. The maximum atomic E-state index is 13.3. The second-order valence-corrected chi connectivity index (χ2v) is 6.99. The summed E-state index contributed by atoms with van der Waals surface area (Å²) in [5.74, 6) is -0.421. The molecule has 2 heterocycles. The van der Waals surface area contributed by atoms with E-state index in [0.29, 0.717) is 11.3 Å². The number of hydrogen-bond donors (Lipinski definition) is 3. The van der Waals surface area contributed by atoms with E-state index in [9.17, 15) is 14.0 Å². The fraction of sp³-hybridized carbons (Fsp3) is 0.211. The van der Waals surface area contributed by atoms with E-state index in [0.717, 1.165) is 5.69 Å². The Bertz CT molecular complexity index is 1180. The molecule has 0 amide bonds. The molecule has 0 fully saturated rings. The van der Waals surface area contributed by atoms with E-state index in [1.54, 1.807) is 12.4 Å². The van der Waals surface area contributed by atoms with E-state index in [-0.39, 0.29) is 16.1 Å². The first-order valence-electron chi connectivity index (χ1n) is 8.09. The number of imidazole rings is 1. The van der Waals surface area contributed by atoms with Gasteiger partial charge in [0.05, 0.1) is 12.0 Å². The van der Waals surface area contributed by atoms with Gasteiger partial charge in [0.2, 0.25) is 0 Å².